The number of aliphatic hydroxyl groups excluding tert-OH is 1. The molecule has 1 rings (SSSR count). The number of hydrogen-bond acceptors (Lipinski definition) is 4. The first-order valence-electron chi connectivity index (χ1n) is 7.74. The minimum absolute atomic E-state index is 0.143. The summed E-state index contributed by atoms with van der Waals surface area (Å²) in [6, 6.07) is 4.61. The van der Waals surface area contributed by atoms with Crippen molar-refractivity contribution in [2.24, 2.45) is 0 Å². The van der Waals surface area contributed by atoms with E-state index in [0.717, 1.165) is 0 Å². The number of nitrogens with one attached hydrogen (secondary N) is 1. The smallest absolute Gasteiger partial charge is 0.407 e. The first-order chi connectivity index (χ1) is 10.7. The fourth-order valence-corrected chi connectivity index (χ4v) is 1.92. The maximum Gasteiger partial charge on any atom is 0.407 e. The zero-order valence-corrected chi connectivity index (χ0v) is 14.2. The van der Waals surface area contributed by atoms with E-state index in [9.17, 15) is 9.18 Å². The fraction of sp³-hybridized carbons (Fsp3) is 0.588. The van der Waals surface area contributed by atoms with Gasteiger partial charge < -0.3 is 19.9 Å². The Balaban J connectivity index is 2.53. The van der Waals surface area contributed by atoms with Gasteiger partial charge in [0, 0.05) is 12.1 Å². The fourth-order valence-electron chi connectivity index (χ4n) is 1.92. The molecular formula is C17H26FNO4. The molecule has 0 saturated carbocycles. The lowest BCUT2D eigenvalue weighted by atomic mass is 10.1. The van der Waals surface area contributed by atoms with Gasteiger partial charge in [0.25, 0.3) is 0 Å². The van der Waals surface area contributed by atoms with Gasteiger partial charge in [-0.25, -0.2) is 9.18 Å². The van der Waals surface area contributed by atoms with Gasteiger partial charge in [-0.05, 0) is 52.7 Å². The Labute approximate surface area is 136 Å². The second-order valence-electron chi connectivity index (χ2n) is 6.36. The molecule has 6 heteroatoms. The molecule has 0 radical (unpaired) electrons. The lowest BCUT2D eigenvalue weighted by Gasteiger charge is -2.20. The van der Waals surface area contributed by atoms with Gasteiger partial charge in [-0.15, -0.1) is 0 Å². The maximum absolute atomic E-state index is 14.0. The lowest BCUT2D eigenvalue weighted by Crippen LogP contribution is -2.33. The zero-order valence-electron chi connectivity index (χ0n) is 14.2. The van der Waals surface area contributed by atoms with E-state index >= 15 is 0 Å². The molecule has 130 valence electrons. The molecule has 1 aromatic rings. The van der Waals surface area contributed by atoms with Crippen LogP contribution in [0.15, 0.2) is 18.2 Å². The molecule has 2 N–H and O–H groups in total. The van der Waals surface area contributed by atoms with Crippen LogP contribution < -0.4 is 10.1 Å². The summed E-state index contributed by atoms with van der Waals surface area (Å²) in [5.41, 5.74) is -0.101. The summed E-state index contributed by atoms with van der Waals surface area (Å²) in [4.78, 5) is 11.5. The standard InChI is InChI=1S/C17H26FNO4/c1-12(11-20)22-15-9-5-8-14(18)13(15)7-6-10-19-16(21)23-17(2,3)4/h5,8-9,12,20H,6-7,10-11H2,1-4H3,(H,19,21)/t12-/m1/s1. The molecule has 1 atom stereocenters. The Morgan fingerprint density at radius 3 is 2.70 bits per heavy atom. The third-order valence-electron chi connectivity index (χ3n) is 2.93. The first kappa shape index (κ1) is 19.2. The number of aliphatic hydroxyl groups is 1. The van der Waals surface area contributed by atoms with E-state index in [0.29, 0.717) is 30.7 Å². The lowest BCUT2D eigenvalue weighted by molar-refractivity contribution is 0.0527. The molecule has 0 aromatic heterocycles. The Morgan fingerprint density at radius 2 is 2.09 bits per heavy atom. The molecule has 0 aliphatic rings. The highest BCUT2D eigenvalue weighted by atomic mass is 19.1. The summed E-state index contributed by atoms with van der Waals surface area (Å²) >= 11 is 0. The summed E-state index contributed by atoms with van der Waals surface area (Å²) in [7, 11) is 0. The SMILES string of the molecule is C[C@H](CO)Oc1cccc(F)c1CCCNC(=O)OC(C)(C)C. The summed E-state index contributed by atoms with van der Waals surface area (Å²) in [5.74, 6) is 0.0636. The van der Waals surface area contributed by atoms with Crippen molar-refractivity contribution in [2.45, 2.75) is 52.2 Å². The Morgan fingerprint density at radius 1 is 1.39 bits per heavy atom. The van der Waals surface area contributed by atoms with Crippen LogP contribution in [0.25, 0.3) is 0 Å². The van der Waals surface area contributed by atoms with Crippen LogP contribution in [0.5, 0.6) is 5.75 Å². The third-order valence-corrected chi connectivity index (χ3v) is 2.93. The summed E-state index contributed by atoms with van der Waals surface area (Å²) in [6.07, 6.45) is 0.0619. The Kier molecular flexibility index (Phi) is 7.29. The van der Waals surface area contributed by atoms with Crippen LogP contribution in [0, 0.1) is 5.82 Å². The number of ether oxygens (including phenoxy) is 2. The molecule has 0 heterocycles. The van der Waals surface area contributed by atoms with Gasteiger partial charge in [0.2, 0.25) is 0 Å². The molecule has 0 aliphatic carbocycles. The van der Waals surface area contributed by atoms with Crippen LogP contribution in [0.1, 0.15) is 39.7 Å². The van der Waals surface area contributed by atoms with E-state index in [4.69, 9.17) is 14.6 Å². The van der Waals surface area contributed by atoms with Gasteiger partial charge in [0.15, 0.2) is 0 Å². The monoisotopic (exact) mass is 327 g/mol. The Hall–Kier alpha value is -1.82. The molecule has 0 saturated heterocycles. The highest BCUT2D eigenvalue weighted by Gasteiger charge is 2.16. The molecule has 0 fully saturated rings. The van der Waals surface area contributed by atoms with Crippen molar-refractivity contribution in [1.82, 2.24) is 5.32 Å². The van der Waals surface area contributed by atoms with Crippen molar-refractivity contribution < 1.29 is 23.8 Å². The normalized spacial score (nSPS) is 12.6. The molecule has 0 spiro atoms. The van der Waals surface area contributed by atoms with Crippen molar-refractivity contribution in [1.29, 1.82) is 0 Å². The number of benzene rings is 1. The van der Waals surface area contributed by atoms with Gasteiger partial charge >= 0.3 is 6.09 Å². The zero-order chi connectivity index (χ0) is 17.5. The van der Waals surface area contributed by atoms with Crippen molar-refractivity contribution in [3.05, 3.63) is 29.6 Å². The second kappa shape index (κ2) is 8.72. The van der Waals surface area contributed by atoms with E-state index in [-0.39, 0.29) is 12.4 Å². The quantitative estimate of drug-likeness (QED) is 0.755. The van der Waals surface area contributed by atoms with E-state index in [1.165, 1.54) is 6.07 Å². The number of carbonyl (C=O) groups is 1. The van der Waals surface area contributed by atoms with Crippen LogP contribution in [0.2, 0.25) is 0 Å². The van der Waals surface area contributed by atoms with Crippen LogP contribution >= 0.6 is 0 Å². The van der Waals surface area contributed by atoms with Gasteiger partial charge in [-0.2, -0.15) is 0 Å². The highest BCUT2D eigenvalue weighted by molar-refractivity contribution is 5.67. The second-order valence-corrected chi connectivity index (χ2v) is 6.36. The minimum Gasteiger partial charge on any atom is -0.488 e. The van der Waals surface area contributed by atoms with Gasteiger partial charge in [-0.3, -0.25) is 0 Å². The van der Waals surface area contributed by atoms with E-state index in [2.05, 4.69) is 5.32 Å². The van der Waals surface area contributed by atoms with Crippen molar-refractivity contribution in [3.8, 4) is 5.75 Å². The van der Waals surface area contributed by atoms with E-state index < -0.39 is 17.8 Å². The summed E-state index contributed by atoms with van der Waals surface area (Å²) in [5, 5.41) is 11.7. The highest BCUT2D eigenvalue weighted by Crippen LogP contribution is 2.24. The summed E-state index contributed by atoms with van der Waals surface area (Å²) in [6.45, 7) is 7.31. The van der Waals surface area contributed by atoms with Crippen molar-refractivity contribution in [2.75, 3.05) is 13.2 Å². The summed E-state index contributed by atoms with van der Waals surface area (Å²) < 4.78 is 24.6. The van der Waals surface area contributed by atoms with E-state index in [1.807, 2.05) is 0 Å². The third kappa shape index (κ3) is 7.32. The van der Waals surface area contributed by atoms with Crippen LogP contribution in [0.4, 0.5) is 9.18 Å². The number of hydrogen-bond donors (Lipinski definition) is 2. The van der Waals surface area contributed by atoms with Gasteiger partial charge in [-0.1, -0.05) is 6.07 Å². The molecule has 23 heavy (non-hydrogen) atoms. The molecule has 0 unspecified atom stereocenters. The molecule has 1 aromatic carbocycles. The molecule has 0 aliphatic heterocycles. The van der Waals surface area contributed by atoms with Crippen LogP contribution in [-0.2, 0) is 11.2 Å². The topological polar surface area (TPSA) is 67.8 Å². The largest absolute Gasteiger partial charge is 0.488 e. The average molecular weight is 327 g/mol. The predicted octanol–water partition coefficient (Wildman–Crippen LogP) is 3.04. The maximum atomic E-state index is 14.0. The number of amides is 1. The minimum atomic E-state index is -0.545. The van der Waals surface area contributed by atoms with Crippen molar-refractivity contribution >= 4 is 6.09 Å². The van der Waals surface area contributed by atoms with E-state index in [1.54, 1.807) is 39.8 Å². The molecular weight excluding hydrogens is 301 g/mol. The Bertz CT molecular complexity index is 514. The number of carbonyl (C=O) groups excluding carboxylic acids is 1. The average Bonchev–Trinajstić information content (AvgIpc) is 2.43. The molecule has 1 amide bonds. The van der Waals surface area contributed by atoms with Gasteiger partial charge in [0.1, 0.15) is 23.3 Å². The van der Waals surface area contributed by atoms with Crippen LogP contribution in [0.3, 0.4) is 0 Å². The van der Waals surface area contributed by atoms with Crippen LogP contribution in [-0.4, -0.2) is 36.1 Å². The van der Waals surface area contributed by atoms with Gasteiger partial charge in [0.05, 0.1) is 6.61 Å². The molecule has 5 nitrogen and oxygen atoms in total. The number of rotatable bonds is 7. The first-order valence-corrected chi connectivity index (χ1v) is 7.74. The molecule has 0 bridgehead atoms. The predicted molar refractivity (Wildman–Crippen MR) is 86.1 cm³/mol. The number of alkyl carbamates (subject to hydrolysis) is 1. The number of halogens is 1. The van der Waals surface area contributed by atoms with Crippen molar-refractivity contribution in [3.63, 3.8) is 0 Å².